The summed E-state index contributed by atoms with van der Waals surface area (Å²) in [5.74, 6) is 0.449. The third-order valence-corrected chi connectivity index (χ3v) is 4.38. The summed E-state index contributed by atoms with van der Waals surface area (Å²) in [6, 6.07) is 9.23. The molecule has 0 heterocycles. The van der Waals surface area contributed by atoms with Crippen LogP contribution in [0.4, 0.5) is 0 Å². The maximum absolute atomic E-state index is 3.70. The van der Waals surface area contributed by atoms with Crippen molar-refractivity contribution in [3.05, 3.63) is 58.2 Å². The molecule has 0 aliphatic heterocycles. The molecule has 1 nitrogen and oxygen atoms in total. The van der Waals surface area contributed by atoms with Crippen molar-refractivity contribution in [2.45, 2.75) is 66.0 Å². The van der Waals surface area contributed by atoms with Crippen LogP contribution >= 0.6 is 0 Å². The van der Waals surface area contributed by atoms with Gasteiger partial charge in [-0.25, -0.2) is 0 Å². The summed E-state index contributed by atoms with van der Waals surface area (Å²) >= 11 is 0. The Bertz CT molecular complexity index is 584. The van der Waals surface area contributed by atoms with Crippen LogP contribution in [0, 0.1) is 0 Å². The molecule has 0 spiro atoms. The zero-order chi connectivity index (χ0) is 15.8. The minimum atomic E-state index is 0.119. The fourth-order valence-corrected chi connectivity index (χ4v) is 3.48. The molecule has 2 rings (SSSR count). The summed E-state index contributed by atoms with van der Waals surface area (Å²) in [6.07, 6.45) is 2.33. The number of allylic oxidation sites excluding steroid dienone is 4. The number of nitrogens with one attached hydrogen (secondary N) is 1. The molecule has 0 radical (unpaired) electrons. The monoisotopic (exact) mass is 283 g/mol. The Morgan fingerprint density at radius 2 is 1.67 bits per heavy atom. The van der Waals surface area contributed by atoms with Crippen LogP contribution in [-0.4, -0.2) is 5.54 Å². The highest BCUT2D eigenvalue weighted by atomic mass is 15.0. The lowest BCUT2D eigenvalue weighted by atomic mass is 9.84. The molecule has 1 aromatic carbocycles. The first-order chi connectivity index (χ1) is 9.70. The van der Waals surface area contributed by atoms with Crippen molar-refractivity contribution in [1.82, 2.24) is 5.32 Å². The van der Waals surface area contributed by atoms with Crippen LogP contribution in [0.15, 0.2) is 47.1 Å². The van der Waals surface area contributed by atoms with Crippen LogP contribution in [0.25, 0.3) is 0 Å². The Morgan fingerprint density at radius 1 is 1.05 bits per heavy atom. The molecule has 1 aliphatic rings. The zero-order valence-electron chi connectivity index (χ0n) is 14.5. The van der Waals surface area contributed by atoms with Gasteiger partial charge in [0.05, 0.1) is 0 Å². The summed E-state index contributed by atoms with van der Waals surface area (Å²) in [5.41, 5.74) is 7.35. The van der Waals surface area contributed by atoms with Gasteiger partial charge in [-0.1, -0.05) is 47.1 Å². The Kier molecular flexibility index (Phi) is 4.43. The molecule has 114 valence electrons. The van der Waals surface area contributed by atoms with Gasteiger partial charge < -0.3 is 5.32 Å². The van der Waals surface area contributed by atoms with Crippen molar-refractivity contribution in [1.29, 1.82) is 0 Å². The van der Waals surface area contributed by atoms with Gasteiger partial charge in [0.1, 0.15) is 0 Å². The predicted molar refractivity (Wildman–Crippen MR) is 92.6 cm³/mol. The van der Waals surface area contributed by atoms with E-state index < -0.39 is 0 Å². The van der Waals surface area contributed by atoms with E-state index in [0.717, 1.165) is 0 Å². The molecule has 1 N–H and O–H groups in total. The first-order valence-electron chi connectivity index (χ1n) is 7.93. The van der Waals surface area contributed by atoms with Gasteiger partial charge in [-0.2, -0.15) is 0 Å². The van der Waals surface area contributed by atoms with Gasteiger partial charge in [-0.05, 0) is 59.6 Å². The summed E-state index contributed by atoms with van der Waals surface area (Å²) in [6.45, 7) is 15.7. The fourth-order valence-electron chi connectivity index (χ4n) is 3.48. The number of benzene rings is 1. The highest BCUT2D eigenvalue weighted by Gasteiger charge is 2.26. The molecular weight excluding hydrogens is 254 g/mol. The number of rotatable bonds is 3. The summed E-state index contributed by atoms with van der Waals surface area (Å²) in [4.78, 5) is 0. The fraction of sp³-hybridized carbons (Fsp3) is 0.500. The van der Waals surface area contributed by atoms with Crippen LogP contribution < -0.4 is 5.32 Å². The van der Waals surface area contributed by atoms with Crippen molar-refractivity contribution in [2.75, 3.05) is 0 Å². The number of hydrogen-bond donors (Lipinski definition) is 1. The Hall–Kier alpha value is -1.34. The van der Waals surface area contributed by atoms with Crippen LogP contribution in [-0.2, 0) is 0 Å². The van der Waals surface area contributed by atoms with Gasteiger partial charge in [0.25, 0.3) is 0 Å². The average molecular weight is 283 g/mol. The normalized spacial score (nSPS) is 20.7. The molecule has 0 saturated carbocycles. The van der Waals surface area contributed by atoms with E-state index in [0.29, 0.717) is 12.0 Å². The van der Waals surface area contributed by atoms with E-state index in [1.165, 1.54) is 27.8 Å². The molecule has 0 aromatic heterocycles. The second-order valence-corrected chi connectivity index (χ2v) is 7.43. The van der Waals surface area contributed by atoms with E-state index in [9.17, 15) is 0 Å². The topological polar surface area (TPSA) is 12.0 Å². The molecule has 1 heteroatoms. The lowest BCUT2D eigenvalue weighted by Crippen LogP contribution is -2.38. The van der Waals surface area contributed by atoms with Gasteiger partial charge in [0.2, 0.25) is 0 Å². The third-order valence-electron chi connectivity index (χ3n) is 4.38. The Morgan fingerprint density at radius 3 is 2.19 bits per heavy atom. The minimum Gasteiger partial charge on any atom is -0.306 e. The van der Waals surface area contributed by atoms with E-state index in [4.69, 9.17) is 0 Å². The second kappa shape index (κ2) is 5.81. The SMILES string of the molecule is CC1=CC(C)=C(C)C1c1ccccc1C(C)NC(C)(C)C. The standard InChI is InChI=1S/C20H29N/c1-13-12-14(2)19(15(13)3)18-11-9-8-10-17(18)16(4)21-20(5,6)7/h8-12,16,19,21H,1-7H3. The van der Waals surface area contributed by atoms with Crippen molar-refractivity contribution in [2.24, 2.45) is 0 Å². The molecule has 0 amide bonds. The van der Waals surface area contributed by atoms with Crippen LogP contribution in [0.5, 0.6) is 0 Å². The molecule has 2 atom stereocenters. The third kappa shape index (κ3) is 3.47. The molecule has 2 unspecified atom stereocenters. The van der Waals surface area contributed by atoms with Crippen LogP contribution in [0.3, 0.4) is 0 Å². The summed E-state index contributed by atoms with van der Waals surface area (Å²) in [5, 5.41) is 3.70. The molecule has 0 saturated heterocycles. The maximum atomic E-state index is 3.70. The van der Waals surface area contributed by atoms with E-state index in [-0.39, 0.29) is 5.54 Å². The highest BCUT2D eigenvalue weighted by Crippen LogP contribution is 2.41. The predicted octanol–water partition coefficient (Wildman–Crippen LogP) is 5.52. The summed E-state index contributed by atoms with van der Waals surface area (Å²) < 4.78 is 0. The van der Waals surface area contributed by atoms with Gasteiger partial charge in [0, 0.05) is 17.5 Å². The lowest BCUT2D eigenvalue weighted by Gasteiger charge is -2.29. The van der Waals surface area contributed by atoms with Crippen LogP contribution in [0.1, 0.15) is 71.6 Å². The van der Waals surface area contributed by atoms with E-state index >= 15 is 0 Å². The molecule has 1 aromatic rings. The van der Waals surface area contributed by atoms with Gasteiger partial charge in [-0.3, -0.25) is 0 Å². The van der Waals surface area contributed by atoms with E-state index in [1.54, 1.807) is 0 Å². The summed E-state index contributed by atoms with van der Waals surface area (Å²) in [7, 11) is 0. The molecule has 21 heavy (non-hydrogen) atoms. The Balaban J connectivity index is 2.41. The number of hydrogen-bond acceptors (Lipinski definition) is 1. The smallest absolute Gasteiger partial charge is 0.0299 e. The average Bonchev–Trinajstić information content (AvgIpc) is 2.61. The zero-order valence-corrected chi connectivity index (χ0v) is 14.5. The Labute approximate surface area is 130 Å². The molecule has 0 fully saturated rings. The first kappa shape index (κ1) is 16.0. The van der Waals surface area contributed by atoms with E-state index in [1.807, 2.05) is 0 Å². The second-order valence-electron chi connectivity index (χ2n) is 7.43. The maximum Gasteiger partial charge on any atom is 0.0299 e. The van der Waals surface area contributed by atoms with E-state index in [2.05, 4.69) is 84.1 Å². The molecule has 1 aliphatic carbocycles. The highest BCUT2D eigenvalue weighted by molar-refractivity contribution is 5.51. The van der Waals surface area contributed by atoms with Gasteiger partial charge in [0.15, 0.2) is 0 Å². The largest absolute Gasteiger partial charge is 0.306 e. The van der Waals surface area contributed by atoms with Gasteiger partial charge in [-0.15, -0.1) is 0 Å². The van der Waals surface area contributed by atoms with Gasteiger partial charge >= 0.3 is 0 Å². The quantitative estimate of drug-likeness (QED) is 0.770. The minimum absolute atomic E-state index is 0.119. The van der Waals surface area contributed by atoms with Crippen molar-refractivity contribution in [3.63, 3.8) is 0 Å². The van der Waals surface area contributed by atoms with Crippen LogP contribution in [0.2, 0.25) is 0 Å². The van der Waals surface area contributed by atoms with Crippen molar-refractivity contribution in [3.8, 4) is 0 Å². The molecular formula is C20H29N. The molecule has 0 bridgehead atoms. The lowest BCUT2D eigenvalue weighted by molar-refractivity contribution is 0.377. The van der Waals surface area contributed by atoms with Crippen molar-refractivity contribution < 1.29 is 0 Å². The first-order valence-corrected chi connectivity index (χ1v) is 7.93. The van der Waals surface area contributed by atoms with Crippen molar-refractivity contribution >= 4 is 0 Å².